The number of nitrogens with zero attached hydrogens (tertiary/aromatic N) is 1. The molecule has 0 saturated carbocycles. The lowest BCUT2D eigenvalue weighted by atomic mass is 10.0. The number of phenolic OH excluding ortho intramolecular Hbond substituents is 1. The van der Waals surface area contributed by atoms with Crippen molar-refractivity contribution in [2.45, 2.75) is 13.8 Å². The van der Waals surface area contributed by atoms with Gasteiger partial charge in [0.2, 0.25) is 0 Å². The predicted octanol–water partition coefficient (Wildman–Crippen LogP) is 3.49. The third kappa shape index (κ3) is 3.34. The summed E-state index contributed by atoms with van der Waals surface area (Å²) in [6, 6.07) is 9.98. The third-order valence-electron chi connectivity index (χ3n) is 4.01. The van der Waals surface area contributed by atoms with E-state index in [1.807, 2.05) is 0 Å². The molecule has 1 aliphatic heterocycles. The van der Waals surface area contributed by atoms with Crippen LogP contribution in [0, 0.1) is 13.8 Å². The van der Waals surface area contributed by atoms with Gasteiger partial charge in [0.05, 0.1) is 5.69 Å². The fourth-order valence-electron chi connectivity index (χ4n) is 2.72. The zero-order chi connectivity index (χ0) is 19.0. The summed E-state index contributed by atoms with van der Waals surface area (Å²) in [5, 5.41) is 13.0. The van der Waals surface area contributed by atoms with Crippen LogP contribution in [0.2, 0.25) is 5.02 Å². The standard InChI is InChI=1S/C19H15ClN2O3S/c1-10-7-12(8-11(2)16(10)23)9-15-17(24)21-19(26)22(18(15)25)14-5-3-13(20)4-6-14/h3-9,23H,1-2H3,(H,21,24,26)/b15-9+. The van der Waals surface area contributed by atoms with Crippen molar-refractivity contribution in [3.8, 4) is 5.75 Å². The minimum absolute atomic E-state index is 0.0116. The van der Waals surface area contributed by atoms with E-state index in [0.717, 1.165) is 0 Å². The van der Waals surface area contributed by atoms with E-state index in [9.17, 15) is 14.7 Å². The van der Waals surface area contributed by atoms with Crippen LogP contribution >= 0.6 is 23.8 Å². The molecule has 2 aromatic rings. The van der Waals surface area contributed by atoms with Gasteiger partial charge < -0.3 is 5.11 Å². The van der Waals surface area contributed by atoms with Gasteiger partial charge in [0.25, 0.3) is 11.8 Å². The van der Waals surface area contributed by atoms with E-state index in [4.69, 9.17) is 23.8 Å². The fraction of sp³-hybridized carbons (Fsp3) is 0.105. The zero-order valence-corrected chi connectivity index (χ0v) is 15.6. The van der Waals surface area contributed by atoms with Crippen molar-refractivity contribution in [2.75, 3.05) is 4.90 Å². The minimum atomic E-state index is -0.561. The molecule has 1 heterocycles. The summed E-state index contributed by atoms with van der Waals surface area (Å²) in [5.41, 5.74) is 2.42. The molecule has 7 heteroatoms. The molecule has 0 aromatic heterocycles. The summed E-state index contributed by atoms with van der Waals surface area (Å²) in [5.74, 6) is -0.895. The van der Waals surface area contributed by atoms with Gasteiger partial charge in [0.15, 0.2) is 5.11 Å². The average Bonchev–Trinajstić information content (AvgIpc) is 2.58. The Morgan fingerprint density at radius 3 is 2.27 bits per heavy atom. The van der Waals surface area contributed by atoms with Crippen LogP contribution in [0.5, 0.6) is 5.75 Å². The van der Waals surface area contributed by atoms with Crippen LogP contribution in [0.3, 0.4) is 0 Å². The lowest BCUT2D eigenvalue weighted by Crippen LogP contribution is -2.54. The van der Waals surface area contributed by atoms with Crippen molar-refractivity contribution < 1.29 is 14.7 Å². The molecule has 5 nitrogen and oxygen atoms in total. The van der Waals surface area contributed by atoms with Gasteiger partial charge in [-0.05, 0) is 85.2 Å². The second-order valence-electron chi connectivity index (χ2n) is 5.94. The number of carbonyl (C=O) groups is 2. The van der Waals surface area contributed by atoms with Gasteiger partial charge in [-0.3, -0.25) is 19.8 Å². The smallest absolute Gasteiger partial charge is 0.270 e. The first-order chi connectivity index (χ1) is 12.3. The Labute approximate surface area is 160 Å². The molecule has 0 unspecified atom stereocenters. The number of benzene rings is 2. The number of phenols is 1. The van der Waals surface area contributed by atoms with Crippen molar-refractivity contribution in [3.63, 3.8) is 0 Å². The topological polar surface area (TPSA) is 69.6 Å². The molecule has 0 bridgehead atoms. The van der Waals surface area contributed by atoms with Crippen molar-refractivity contribution in [3.05, 3.63) is 63.7 Å². The summed E-state index contributed by atoms with van der Waals surface area (Å²) in [7, 11) is 0. The van der Waals surface area contributed by atoms with Crippen LogP contribution in [0.25, 0.3) is 6.08 Å². The van der Waals surface area contributed by atoms with Crippen molar-refractivity contribution in [1.82, 2.24) is 5.32 Å². The predicted molar refractivity (Wildman–Crippen MR) is 105 cm³/mol. The highest BCUT2D eigenvalue weighted by Crippen LogP contribution is 2.26. The van der Waals surface area contributed by atoms with E-state index < -0.39 is 11.8 Å². The minimum Gasteiger partial charge on any atom is -0.507 e. The number of hydrogen-bond acceptors (Lipinski definition) is 4. The number of anilines is 1. The first-order valence-electron chi connectivity index (χ1n) is 7.75. The summed E-state index contributed by atoms with van der Waals surface area (Å²) >= 11 is 11.0. The van der Waals surface area contributed by atoms with E-state index in [1.54, 1.807) is 50.2 Å². The maximum Gasteiger partial charge on any atom is 0.270 e. The summed E-state index contributed by atoms with van der Waals surface area (Å²) in [6.07, 6.45) is 1.49. The third-order valence-corrected chi connectivity index (χ3v) is 4.55. The number of thiocarbonyl (C=S) groups is 1. The molecule has 2 N–H and O–H groups in total. The number of rotatable bonds is 2. The lowest BCUT2D eigenvalue weighted by molar-refractivity contribution is -0.122. The number of nitrogens with one attached hydrogen (secondary N) is 1. The molecule has 1 aliphatic rings. The molecule has 2 amide bonds. The molecule has 0 atom stereocenters. The number of aromatic hydroxyl groups is 1. The molecule has 26 heavy (non-hydrogen) atoms. The number of amides is 2. The summed E-state index contributed by atoms with van der Waals surface area (Å²) < 4.78 is 0. The first-order valence-corrected chi connectivity index (χ1v) is 8.54. The molecular weight excluding hydrogens is 372 g/mol. The second kappa shape index (κ2) is 6.90. The monoisotopic (exact) mass is 386 g/mol. The molecule has 132 valence electrons. The van der Waals surface area contributed by atoms with Crippen LogP contribution in [0.1, 0.15) is 16.7 Å². The number of carbonyl (C=O) groups excluding carboxylic acids is 2. The van der Waals surface area contributed by atoms with Crippen molar-refractivity contribution in [2.24, 2.45) is 0 Å². The lowest BCUT2D eigenvalue weighted by Gasteiger charge is -2.29. The highest BCUT2D eigenvalue weighted by Gasteiger charge is 2.34. The largest absolute Gasteiger partial charge is 0.507 e. The molecule has 2 aromatic carbocycles. The Kier molecular flexibility index (Phi) is 4.80. The van der Waals surface area contributed by atoms with Gasteiger partial charge in [-0.15, -0.1) is 0 Å². The van der Waals surface area contributed by atoms with Gasteiger partial charge in [-0.2, -0.15) is 0 Å². The van der Waals surface area contributed by atoms with E-state index in [-0.39, 0.29) is 16.4 Å². The zero-order valence-electron chi connectivity index (χ0n) is 14.0. The van der Waals surface area contributed by atoms with E-state index in [0.29, 0.717) is 27.4 Å². The Balaban J connectivity index is 2.04. The fourth-order valence-corrected chi connectivity index (χ4v) is 3.13. The highest BCUT2D eigenvalue weighted by molar-refractivity contribution is 7.80. The van der Waals surface area contributed by atoms with E-state index in [2.05, 4.69) is 5.32 Å². The number of aryl methyl sites for hydroxylation is 2. The molecule has 0 spiro atoms. The quantitative estimate of drug-likeness (QED) is 0.471. The van der Waals surface area contributed by atoms with Crippen LogP contribution in [0.15, 0.2) is 42.0 Å². The van der Waals surface area contributed by atoms with Gasteiger partial charge in [0.1, 0.15) is 11.3 Å². The van der Waals surface area contributed by atoms with E-state index >= 15 is 0 Å². The molecule has 1 saturated heterocycles. The molecule has 1 fully saturated rings. The Bertz CT molecular complexity index is 944. The first kappa shape index (κ1) is 18.1. The molecular formula is C19H15ClN2O3S. The van der Waals surface area contributed by atoms with Crippen LogP contribution < -0.4 is 10.2 Å². The maximum absolute atomic E-state index is 12.9. The van der Waals surface area contributed by atoms with Crippen LogP contribution in [-0.2, 0) is 9.59 Å². The number of hydrogen-bond donors (Lipinski definition) is 2. The van der Waals surface area contributed by atoms with Crippen molar-refractivity contribution in [1.29, 1.82) is 0 Å². The van der Waals surface area contributed by atoms with Gasteiger partial charge in [-0.25, -0.2) is 0 Å². The Morgan fingerprint density at radius 1 is 1.12 bits per heavy atom. The SMILES string of the molecule is Cc1cc(/C=C2\C(=O)NC(=S)N(c3ccc(Cl)cc3)C2=O)cc(C)c1O. The van der Waals surface area contributed by atoms with Crippen molar-refractivity contribution >= 4 is 52.5 Å². The second-order valence-corrected chi connectivity index (χ2v) is 6.76. The Hall–Kier alpha value is -2.70. The van der Waals surface area contributed by atoms with Gasteiger partial charge in [-0.1, -0.05) is 11.6 Å². The van der Waals surface area contributed by atoms with Crippen LogP contribution in [-0.4, -0.2) is 22.0 Å². The van der Waals surface area contributed by atoms with Gasteiger partial charge >= 0.3 is 0 Å². The normalized spacial score (nSPS) is 16.2. The molecule has 0 aliphatic carbocycles. The Morgan fingerprint density at radius 2 is 1.69 bits per heavy atom. The molecule has 0 radical (unpaired) electrons. The average molecular weight is 387 g/mol. The van der Waals surface area contributed by atoms with Gasteiger partial charge in [0, 0.05) is 5.02 Å². The number of halogens is 1. The summed E-state index contributed by atoms with van der Waals surface area (Å²) in [6.45, 7) is 3.50. The highest BCUT2D eigenvalue weighted by atomic mass is 35.5. The van der Waals surface area contributed by atoms with Crippen LogP contribution in [0.4, 0.5) is 5.69 Å². The van der Waals surface area contributed by atoms with E-state index in [1.165, 1.54) is 11.0 Å². The summed E-state index contributed by atoms with van der Waals surface area (Å²) in [4.78, 5) is 26.5. The molecule has 3 rings (SSSR count). The maximum atomic E-state index is 12.9.